The Morgan fingerprint density at radius 2 is 1.76 bits per heavy atom. The first-order chi connectivity index (χ1) is 19.6. The van der Waals surface area contributed by atoms with Crippen molar-refractivity contribution < 1.29 is 23.1 Å². The van der Waals surface area contributed by atoms with E-state index in [0.717, 1.165) is 12.8 Å². The summed E-state index contributed by atoms with van der Waals surface area (Å²) in [6, 6.07) is 6.31. The van der Waals surface area contributed by atoms with Crippen LogP contribution in [0.15, 0.2) is 30.3 Å². The van der Waals surface area contributed by atoms with Crippen LogP contribution in [-0.2, 0) is 20.2 Å². The van der Waals surface area contributed by atoms with Crippen LogP contribution in [0.4, 0.5) is 11.4 Å². The number of halogens is 3. The number of nitrogens with zero attached hydrogens (tertiary/aromatic N) is 1. The molecule has 1 heterocycles. The number of benzene rings is 2. The summed E-state index contributed by atoms with van der Waals surface area (Å²) < 4.78 is 20.1. The standard InChI is InChI=1S/C29H38Cl3N3O5S/c1-3-4-5-6-7-8-10-19(2)18-40-41(39)35-14-9-11-26(35)29(38)33-24-17-27(36)25(16-23(24)32)34-28(37)20-12-13-21(30)22(31)15-20/h12-13,15-17,19,26,36H,3-11,14,18H2,1-2H3,(H,33,38)(H,34,37). The number of phenols is 1. The van der Waals surface area contributed by atoms with Gasteiger partial charge in [-0.2, -0.15) is 4.31 Å². The molecule has 3 rings (SSSR count). The van der Waals surface area contributed by atoms with Gasteiger partial charge in [0.1, 0.15) is 11.8 Å². The van der Waals surface area contributed by atoms with Gasteiger partial charge in [-0.15, -0.1) is 0 Å². The van der Waals surface area contributed by atoms with Gasteiger partial charge < -0.3 is 15.7 Å². The van der Waals surface area contributed by atoms with Crippen molar-refractivity contribution >= 4 is 69.3 Å². The van der Waals surface area contributed by atoms with Crippen LogP contribution in [0.2, 0.25) is 15.1 Å². The van der Waals surface area contributed by atoms with Crippen molar-refractivity contribution in [3.63, 3.8) is 0 Å². The molecular formula is C29H38Cl3N3O5S. The summed E-state index contributed by atoms with van der Waals surface area (Å²) in [5.74, 6) is -0.962. The molecule has 1 aliphatic heterocycles. The molecule has 2 amide bonds. The SMILES string of the molecule is CCCCCCCCC(C)COS(=O)N1CCCC1C(=O)Nc1cc(O)c(NC(=O)c2ccc(Cl)c(Cl)c2)cc1Cl. The molecule has 1 saturated heterocycles. The minimum atomic E-state index is -1.75. The van der Waals surface area contributed by atoms with Gasteiger partial charge in [0.05, 0.1) is 33.0 Å². The fourth-order valence-corrected chi connectivity index (χ4v) is 6.26. The van der Waals surface area contributed by atoms with Crippen LogP contribution in [0.25, 0.3) is 0 Å². The van der Waals surface area contributed by atoms with Gasteiger partial charge in [0.25, 0.3) is 5.91 Å². The van der Waals surface area contributed by atoms with Crippen molar-refractivity contribution in [3.8, 4) is 5.75 Å². The molecule has 0 spiro atoms. The topological polar surface area (TPSA) is 108 Å². The first-order valence-electron chi connectivity index (χ1n) is 14.0. The van der Waals surface area contributed by atoms with Crippen molar-refractivity contribution in [1.82, 2.24) is 4.31 Å². The lowest BCUT2D eigenvalue weighted by atomic mass is 10.0. The molecule has 0 radical (unpaired) electrons. The van der Waals surface area contributed by atoms with Crippen LogP contribution in [0, 0.1) is 5.92 Å². The molecule has 0 aromatic heterocycles. The Morgan fingerprint density at radius 3 is 2.49 bits per heavy atom. The Morgan fingerprint density at radius 1 is 1.02 bits per heavy atom. The normalized spacial score (nSPS) is 16.9. The van der Waals surface area contributed by atoms with Crippen molar-refractivity contribution in [2.45, 2.75) is 77.7 Å². The smallest absolute Gasteiger partial charge is 0.255 e. The van der Waals surface area contributed by atoms with E-state index in [4.69, 9.17) is 39.0 Å². The lowest BCUT2D eigenvalue weighted by molar-refractivity contribution is -0.119. The molecule has 3 atom stereocenters. The van der Waals surface area contributed by atoms with Gasteiger partial charge in [-0.3, -0.25) is 13.8 Å². The zero-order valence-electron chi connectivity index (χ0n) is 23.4. The Kier molecular flexibility index (Phi) is 13.7. The highest BCUT2D eigenvalue weighted by molar-refractivity contribution is 7.77. The highest BCUT2D eigenvalue weighted by atomic mass is 35.5. The van der Waals surface area contributed by atoms with E-state index in [0.29, 0.717) is 31.0 Å². The zero-order valence-corrected chi connectivity index (χ0v) is 26.5. The van der Waals surface area contributed by atoms with Gasteiger partial charge in [-0.1, -0.05) is 87.2 Å². The monoisotopic (exact) mass is 645 g/mol. The maximum Gasteiger partial charge on any atom is 0.255 e. The highest BCUT2D eigenvalue weighted by Crippen LogP contribution is 2.35. The van der Waals surface area contributed by atoms with Crippen molar-refractivity contribution in [2.24, 2.45) is 5.92 Å². The number of nitrogens with one attached hydrogen (secondary N) is 2. The summed E-state index contributed by atoms with van der Waals surface area (Å²) in [7, 11) is 0. The summed E-state index contributed by atoms with van der Waals surface area (Å²) in [5.41, 5.74) is 0.449. The molecule has 41 heavy (non-hydrogen) atoms. The molecule has 8 nitrogen and oxygen atoms in total. The average Bonchev–Trinajstić information content (AvgIpc) is 3.44. The first kappa shape index (κ1) is 33.6. The van der Waals surface area contributed by atoms with E-state index >= 15 is 0 Å². The molecule has 2 aromatic carbocycles. The third-order valence-electron chi connectivity index (χ3n) is 6.97. The van der Waals surface area contributed by atoms with Gasteiger partial charge in [0.15, 0.2) is 0 Å². The number of carbonyl (C=O) groups excluding carboxylic acids is 2. The van der Waals surface area contributed by atoms with Crippen LogP contribution >= 0.6 is 34.8 Å². The Bertz CT molecular complexity index is 1230. The molecule has 12 heteroatoms. The van der Waals surface area contributed by atoms with Crippen LogP contribution in [0.1, 0.15) is 82.0 Å². The van der Waals surface area contributed by atoms with E-state index in [2.05, 4.69) is 24.5 Å². The van der Waals surface area contributed by atoms with E-state index in [1.54, 1.807) is 4.31 Å². The van der Waals surface area contributed by atoms with E-state index in [9.17, 15) is 18.9 Å². The van der Waals surface area contributed by atoms with Gasteiger partial charge >= 0.3 is 0 Å². The van der Waals surface area contributed by atoms with Gasteiger partial charge in [-0.05, 0) is 49.4 Å². The van der Waals surface area contributed by atoms with Crippen molar-refractivity contribution in [2.75, 3.05) is 23.8 Å². The van der Waals surface area contributed by atoms with Gasteiger partial charge in [-0.25, -0.2) is 4.21 Å². The Balaban J connectivity index is 1.53. The number of rotatable bonds is 15. The summed E-state index contributed by atoms with van der Waals surface area (Å²) >= 11 is 16.5. The second kappa shape index (κ2) is 16.7. The Labute approximate surface area is 259 Å². The second-order valence-corrected chi connectivity index (χ2v) is 12.7. The maximum absolute atomic E-state index is 13.1. The van der Waals surface area contributed by atoms with Crippen LogP contribution in [0.5, 0.6) is 5.75 Å². The third-order valence-corrected chi connectivity index (χ3v) is 9.18. The number of unbranched alkanes of at least 4 members (excludes halogenated alkanes) is 5. The molecular weight excluding hydrogens is 609 g/mol. The molecule has 0 bridgehead atoms. The second-order valence-electron chi connectivity index (χ2n) is 10.4. The Hall–Kier alpha value is -1.88. The van der Waals surface area contributed by atoms with E-state index < -0.39 is 29.1 Å². The number of amides is 2. The molecule has 226 valence electrons. The van der Waals surface area contributed by atoms with Gasteiger partial charge in [0, 0.05) is 18.2 Å². The number of hydrogen-bond acceptors (Lipinski definition) is 5. The predicted octanol–water partition coefficient (Wildman–Crippen LogP) is 7.99. The number of aromatic hydroxyl groups is 1. The third kappa shape index (κ3) is 10.1. The molecule has 1 fully saturated rings. The minimum Gasteiger partial charge on any atom is -0.506 e. The summed E-state index contributed by atoms with van der Waals surface area (Å²) in [6.45, 7) is 5.12. The lowest BCUT2D eigenvalue weighted by Gasteiger charge is -2.23. The quantitative estimate of drug-likeness (QED) is 0.134. The van der Waals surface area contributed by atoms with E-state index in [1.807, 2.05) is 0 Å². The zero-order chi connectivity index (χ0) is 29.9. The van der Waals surface area contributed by atoms with Crippen molar-refractivity contribution in [1.29, 1.82) is 0 Å². The van der Waals surface area contributed by atoms with Crippen LogP contribution < -0.4 is 10.6 Å². The molecule has 1 aliphatic rings. The maximum atomic E-state index is 13.1. The molecule has 3 N–H and O–H groups in total. The summed E-state index contributed by atoms with van der Waals surface area (Å²) in [5, 5.41) is 16.4. The summed E-state index contributed by atoms with van der Waals surface area (Å²) in [4.78, 5) is 25.7. The number of anilines is 2. The van der Waals surface area contributed by atoms with E-state index in [-0.39, 0.29) is 38.7 Å². The number of carbonyl (C=O) groups is 2. The fraction of sp³-hybridized carbons (Fsp3) is 0.517. The first-order valence-corrected chi connectivity index (χ1v) is 16.2. The lowest BCUT2D eigenvalue weighted by Crippen LogP contribution is -2.41. The minimum absolute atomic E-state index is 0.0520. The largest absolute Gasteiger partial charge is 0.506 e. The molecule has 2 aromatic rings. The average molecular weight is 647 g/mol. The van der Waals surface area contributed by atoms with Crippen molar-refractivity contribution in [3.05, 3.63) is 51.0 Å². The van der Waals surface area contributed by atoms with E-state index in [1.165, 1.54) is 62.4 Å². The fourth-order valence-electron chi connectivity index (χ4n) is 4.58. The summed E-state index contributed by atoms with van der Waals surface area (Å²) in [6.07, 6.45) is 9.57. The van der Waals surface area contributed by atoms with Crippen LogP contribution in [0.3, 0.4) is 0 Å². The molecule has 0 saturated carbocycles. The van der Waals surface area contributed by atoms with Gasteiger partial charge in [0.2, 0.25) is 17.2 Å². The molecule has 0 aliphatic carbocycles. The van der Waals surface area contributed by atoms with Crippen LogP contribution in [-0.4, -0.2) is 44.6 Å². The molecule has 3 unspecified atom stereocenters. The predicted molar refractivity (Wildman–Crippen MR) is 167 cm³/mol. The number of phenolic OH excluding ortho intramolecular Hbond substituents is 1. The highest BCUT2D eigenvalue weighted by Gasteiger charge is 2.35. The number of hydrogen-bond donors (Lipinski definition) is 3.